The summed E-state index contributed by atoms with van der Waals surface area (Å²) in [5, 5.41) is 24.9. The second kappa shape index (κ2) is 9.68. The van der Waals surface area contributed by atoms with Crippen LogP contribution in [0, 0.1) is 23.7 Å². The zero-order valence-electron chi connectivity index (χ0n) is 21.7. The number of aromatic hydroxyl groups is 1. The summed E-state index contributed by atoms with van der Waals surface area (Å²) in [7, 11) is 6.73. The number of fused-ring (bicyclic) bond motifs is 3. The van der Waals surface area contributed by atoms with Gasteiger partial charge in [-0.1, -0.05) is 0 Å². The molecular weight excluding hydrogens is 496 g/mol. The van der Waals surface area contributed by atoms with Crippen LogP contribution in [0.5, 0.6) is 5.75 Å². The maximum atomic E-state index is 13.8. The van der Waals surface area contributed by atoms with E-state index >= 15 is 0 Å². The summed E-state index contributed by atoms with van der Waals surface area (Å²) < 4.78 is 0. The fourth-order valence-corrected chi connectivity index (χ4v) is 6.31. The van der Waals surface area contributed by atoms with Crippen LogP contribution in [0.1, 0.15) is 32.7 Å². The second-order valence-corrected chi connectivity index (χ2v) is 10.8. The molecule has 0 aromatic heterocycles. The molecule has 2 saturated carbocycles. The first-order valence-corrected chi connectivity index (χ1v) is 12.4. The van der Waals surface area contributed by atoms with E-state index in [9.17, 15) is 39.0 Å². The summed E-state index contributed by atoms with van der Waals surface area (Å²) >= 11 is 0. The minimum atomic E-state index is -2.78. The van der Waals surface area contributed by atoms with Gasteiger partial charge in [-0.05, 0) is 64.6 Å². The molecule has 5 N–H and O–H groups in total. The van der Waals surface area contributed by atoms with Gasteiger partial charge < -0.3 is 26.2 Å². The van der Waals surface area contributed by atoms with Gasteiger partial charge in [-0.25, -0.2) is 0 Å². The first-order chi connectivity index (χ1) is 17.7. The number of aliphatic hydroxyl groups is 1. The van der Waals surface area contributed by atoms with E-state index in [1.165, 1.54) is 31.1 Å². The molecule has 0 saturated heterocycles. The van der Waals surface area contributed by atoms with Crippen molar-refractivity contribution in [1.82, 2.24) is 15.1 Å². The van der Waals surface area contributed by atoms with Gasteiger partial charge in [0, 0.05) is 24.6 Å². The van der Waals surface area contributed by atoms with Gasteiger partial charge in [0.25, 0.3) is 5.91 Å². The number of carbonyl (C=O) groups is 6. The minimum absolute atomic E-state index is 0.0245. The Morgan fingerprint density at radius 2 is 1.76 bits per heavy atom. The van der Waals surface area contributed by atoms with Gasteiger partial charge >= 0.3 is 0 Å². The summed E-state index contributed by atoms with van der Waals surface area (Å²) in [6.07, 6.45) is -0.0576. The van der Waals surface area contributed by atoms with Crippen LogP contribution in [0.25, 0.3) is 0 Å². The fraction of sp³-hybridized carbons (Fsp3) is 0.538. The van der Waals surface area contributed by atoms with E-state index in [0.717, 1.165) is 0 Å². The highest BCUT2D eigenvalue weighted by Gasteiger charge is 2.69. The number of ketones is 4. The Morgan fingerprint density at radius 3 is 2.34 bits per heavy atom. The van der Waals surface area contributed by atoms with Crippen molar-refractivity contribution in [3.8, 4) is 5.75 Å². The number of nitrogens with zero attached hydrogens (tertiary/aromatic N) is 2. The topological polar surface area (TPSA) is 187 Å². The molecule has 2 amide bonds. The zero-order valence-corrected chi connectivity index (χ0v) is 21.7. The number of nitrogens with one attached hydrogen (secondary N) is 1. The SMILES string of the molecule is CN(C)CCNC(=O)c1ccc(O)c2c1C[C@H]1C[C@H]3[C@H](N(C)C)C(=O)C(C(N)=O)C(=O)[C@@]3(O)C(=O)C1C2=O. The summed E-state index contributed by atoms with van der Waals surface area (Å²) in [5.74, 6) is -11.8. The lowest BCUT2D eigenvalue weighted by molar-refractivity contribution is -0.181. The molecule has 1 aromatic rings. The highest BCUT2D eigenvalue weighted by Crippen LogP contribution is 2.50. The van der Waals surface area contributed by atoms with Crippen molar-refractivity contribution in [3.63, 3.8) is 0 Å². The lowest BCUT2D eigenvalue weighted by Gasteiger charge is -2.52. The minimum Gasteiger partial charge on any atom is -0.507 e. The van der Waals surface area contributed by atoms with Gasteiger partial charge in [-0.3, -0.25) is 33.7 Å². The van der Waals surface area contributed by atoms with E-state index < -0.39 is 76.0 Å². The lowest BCUT2D eigenvalue weighted by atomic mass is 9.52. The van der Waals surface area contributed by atoms with Crippen LogP contribution in [0.4, 0.5) is 0 Å². The number of phenolic OH excluding ortho intramolecular Hbond substituents is 1. The number of phenols is 1. The van der Waals surface area contributed by atoms with Crippen LogP contribution in [0.3, 0.4) is 0 Å². The molecule has 0 bridgehead atoms. The van der Waals surface area contributed by atoms with Crippen molar-refractivity contribution in [3.05, 3.63) is 28.8 Å². The van der Waals surface area contributed by atoms with Crippen LogP contribution >= 0.6 is 0 Å². The second-order valence-electron chi connectivity index (χ2n) is 10.8. The summed E-state index contributed by atoms with van der Waals surface area (Å²) in [4.78, 5) is 82.2. The van der Waals surface area contributed by atoms with E-state index in [2.05, 4.69) is 5.32 Å². The van der Waals surface area contributed by atoms with E-state index in [-0.39, 0.29) is 29.5 Å². The smallest absolute Gasteiger partial charge is 0.251 e. The molecule has 204 valence electrons. The fourth-order valence-electron chi connectivity index (χ4n) is 6.31. The van der Waals surface area contributed by atoms with Gasteiger partial charge in [0.1, 0.15) is 5.75 Å². The molecule has 0 spiro atoms. The molecule has 6 atom stereocenters. The van der Waals surface area contributed by atoms with E-state index in [0.29, 0.717) is 13.1 Å². The normalized spacial score (nSPS) is 30.7. The third-order valence-electron chi connectivity index (χ3n) is 8.03. The Balaban J connectivity index is 1.79. The van der Waals surface area contributed by atoms with Gasteiger partial charge in [-0.2, -0.15) is 0 Å². The number of rotatable bonds is 6. The molecule has 38 heavy (non-hydrogen) atoms. The third kappa shape index (κ3) is 4.03. The molecule has 0 radical (unpaired) electrons. The quantitative estimate of drug-likeness (QED) is 0.306. The summed E-state index contributed by atoms with van der Waals surface area (Å²) in [6, 6.07) is 1.41. The largest absolute Gasteiger partial charge is 0.507 e. The van der Waals surface area contributed by atoms with Crippen LogP contribution < -0.4 is 11.1 Å². The predicted molar refractivity (Wildman–Crippen MR) is 132 cm³/mol. The standard InChI is InChI=1S/C26H32N4O8/c1-29(2)8-7-28-25(37)12-5-6-15(31)17-13(12)9-11-10-14-19(30(3)4)21(33)18(24(27)36)23(35)26(14,38)22(34)16(11)20(17)32/h5-6,11,14,16,18-19,31,38H,7-10H2,1-4H3,(H2,27,36)(H,28,37)/t11-,14-,16?,18?,19-,26-/m0/s1. The van der Waals surface area contributed by atoms with Crippen LogP contribution in [0.2, 0.25) is 0 Å². The van der Waals surface area contributed by atoms with E-state index in [1.807, 2.05) is 19.0 Å². The zero-order chi connectivity index (χ0) is 28.3. The highest BCUT2D eigenvalue weighted by atomic mass is 16.3. The molecular formula is C26H32N4O8. The van der Waals surface area contributed by atoms with Gasteiger partial charge in [0.15, 0.2) is 34.7 Å². The molecule has 3 aliphatic carbocycles. The van der Waals surface area contributed by atoms with Gasteiger partial charge in [0.05, 0.1) is 17.5 Å². The number of nitrogens with two attached hydrogens (primary N) is 1. The van der Waals surface area contributed by atoms with Gasteiger partial charge in [0.2, 0.25) is 5.91 Å². The van der Waals surface area contributed by atoms with Crippen molar-refractivity contribution in [1.29, 1.82) is 0 Å². The number of hydrogen-bond acceptors (Lipinski definition) is 10. The van der Waals surface area contributed by atoms with Crippen molar-refractivity contribution in [2.45, 2.75) is 24.5 Å². The maximum absolute atomic E-state index is 13.8. The molecule has 12 heteroatoms. The van der Waals surface area contributed by atoms with Gasteiger partial charge in [-0.15, -0.1) is 0 Å². The molecule has 4 rings (SSSR count). The number of hydrogen-bond donors (Lipinski definition) is 4. The Labute approximate surface area is 219 Å². The van der Waals surface area contributed by atoms with Crippen LogP contribution in [-0.2, 0) is 25.6 Å². The van der Waals surface area contributed by atoms with E-state index in [1.54, 1.807) is 0 Å². The Bertz CT molecular complexity index is 1260. The predicted octanol–water partition coefficient (Wildman–Crippen LogP) is -1.84. The molecule has 12 nitrogen and oxygen atoms in total. The Hall–Kier alpha value is -3.48. The van der Waals surface area contributed by atoms with Crippen molar-refractivity contribution < 1.29 is 39.0 Å². The summed E-state index contributed by atoms with van der Waals surface area (Å²) in [5.41, 5.74) is 2.75. The number of benzene rings is 1. The Morgan fingerprint density at radius 1 is 1.11 bits per heavy atom. The number of likely N-dealkylation sites (N-methyl/N-ethyl adjacent to an activating group) is 2. The first-order valence-electron chi connectivity index (χ1n) is 12.4. The molecule has 2 unspecified atom stereocenters. The maximum Gasteiger partial charge on any atom is 0.251 e. The number of amides is 2. The van der Waals surface area contributed by atoms with E-state index in [4.69, 9.17) is 5.73 Å². The highest BCUT2D eigenvalue weighted by molar-refractivity contribution is 6.32. The lowest BCUT2D eigenvalue weighted by Crippen LogP contribution is -2.74. The van der Waals surface area contributed by atoms with Crippen molar-refractivity contribution in [2.75, 3.05) is 41.3 Å². The number of primary amides is 1. The molecule has 2 fully saturated rings. The molecule has 0 aliphatic heterocycles. The molecule has 0 heterocycles. The Kier molecular flexibility index (Phi) is 7.02. The first kappa shape index (κ1) is 27.6. The third-order valence-corrected chi connectivity index (χ3v) is 8.03. The molecule has 1 aromatic carbocycles. The summed E-state index contributed by atoms with van der Waals surface area (Å²) in [6.45, 7) is 0.912. The van der Waals surface area contributed by atoms with Crippen molar-refractivity contribution >= 4 is 34.9 Å². The average molecular weight is 529 g/mol. The number of carbonyl (C=O) groups excluding carboxylic acids is 6. The number of Topliss-reactive ketones (excluding diaryl/α,β-unsaturated/α-hetero) is 4. The average Bonchev–Trinajstić information content (AvgIpc) is 2.80. The van der Waals surface area contributed by atoms with Crippen LogP contribution in [0.15, 0.2) is 12.1 Å². The monoisotopic (exact) mass is 528 g/mol. The van der Waals surface area contributed by atoms with Crippen molar-refractivity contribution in [2.24, 2.45) is 29.4 Å². The molecule has 3 aliphatic rings. The van der Waals surface area contributed by atoms with Crippen LogP contribution in [-0.4, -0.2) is 108 Å².